The van der Waals surface area contributed by atoms with Gasteiger partial charge in [0.1, 0.15) is 0 Å². The number of hydrogen-bond donors (Lipinski definition) is 1. The van der Waals surface area contributed by atoms with Gasteiger partial charge in [-0.3, -0.25) is 0 Å². The molecule has 0 unspecified atom stereocenters. The van der Waals surface area contributed by atoms with Crippen molar-refractivity contribution in [1.82, 2.24) is 0 Å². The average Bonchev–Trinajstić information content (AvgIpc) is 3.06. The van der Waals surface area contributed by atoms with E-state index in [4.69, 9.17) is 13.9 Å². The van der Waals surface area contributed by atoms with E-state index in [0.717, 1.165) is 25.9 Å². The molecule has 1 saturated heterocycles. The van der Waals surface area contributed by atoms with Gasteiger partial charge in [-0.15, -0.1) is 0 Å². The number of aliphatic hydroxyl groups excluding tert-OH is 1. The second-order valence-corrected chi connectivity index (χ2v) is 19.9. The van der Waals surface area contributed by atoms with Gasteiger partial charge in [0.25, 0.3) is 0 Å². The monoisotopic (exact) mass is 506 g/mol. The maximum Gasteiger partial charge on any atom is 0.200 e. The van der Waals surface area contributed by atoms with Gasteiger partial charge in [0.15, 0.2) is 14.1 Å². The van der Waals surface area contributed by atoms with E-state index in [9.17, 15) is 5.11 Å². The van der Waals surface area contributed by atoms with Gasteiger partial charge < -0.3 is 19.0 Å². The normalized spacial score (nSPS) is 45.1. The number of allylic oxidation sites excluding steroid dienone is 1. The highest BCUT2D eigenvalue weighted by atomic mass is 28.4. The smallest absolute Gasteiger partial charge is 0.200 e. The minimum atomic E-state index is -2.02. The molecule has 4 aliphatic rings. The number of aliphatic hydroxyl groups is 1. The SMILES string of the molecule is CC(C)[Si](OC[C@@]12CC[C@H]3[C@H](C)C=C[C@@H](O)[C@]3(C)[C@H]1[C@@H]1OC(C)(C)O[C@@H]1[C@H](C)C2)(C(C)C)C(C)C. The van der Waals surface area contributed by atoms with Crippen molar-refractivity contribution >= 4 is 8.32 Å². The molecule has 9 atom stereocenters. The van der Waals surface area contributed by atoms with E-state index in [0.29, 0.717) is 34.4 Å². The van der Waals surface area contributed by atoms with Crippen molar-refractivity contribution in [2.75, 3.05) is 6.61 Å². The van der Waals surface area contributed by atoms with Crippen LogP contribution in [-0.4, -0.2) is 44.1 Å². The fourth-order valence-corrected chi connectivity index (χ4v) is 15.4. The predicted molar refractivity (Wildman–Crippen MR) is 146 cm³/mol. The molecule has 2 saturated carbocycles. The first-order valence-electron chi connectivity index (χ1n) is 14.5. The lowest BCUT2D eigenvalue weighted by molar-refractivity contribution is -0.220. The van der Waals surface area contributed by atoms with Crippen LogP contribution in [0, 0.1) is 34.5 Å². The third kappa shape index (κ3) is 4.14. The van der Waals surface area contributed by atoms with E-state index < -0.39 is 20.2 Å². The first-order chi connectivity index (χ1) is 16.1. The molecule has 0 bridgehead atoms. The summed E-state index contributed by atoms with van der Waals surface area (Å²) in [5.74, 6) is 0.938. The largest absolute Gasteiger partial charge is 0.415 e. The quantitative estimate of drug-likeness (QED) is 0.303. The molecule has 1 aliphatic heterocycles. The van der Waals surface area contributed by atoms with Crippen LogP contribution in [0.3, 0.4) is 0 Å². The second kappa shape index (κ2) is 9.22. The minimum absolute atomic E-state index is 0.00157. The summed E-state index contributed by atoms with van der Waals surface area (Å²) in [6.07, 6.45) is 7.31. The molecular weight excluding hydrogens is 452 g/mol. The summed E-state index contributed by atoms with van der Waals surface area (Å²) in [4.78, 5) is 0. The highest BCUT2D eigenvalue weighted by Gasteiger charge is 2.68. The summed E-state index contributed by atoms with van der Waals surface area (Å²) in [7, 11) is -2.02. The Kier molecular flexibility index (Phi) is 7.33. The number of rotatable bonds is 6. The number of hydrogen-bond acceptors (Lipinski definition) is 4. The number of ether oxygens (including phenoxy) is 2. The molecular formula is C30H54O4Si. The predicted octanol–water partition coefficient (Wildman–Crippen LogP) is 7.32. The fraction of sp³-hybridized carbons (Fsp3) is 0.933. The third-order valence-electron chi connectivity index (χ3n) is 11.0. The van der Waals surface area contributed by atoms with Gasteiger partial charge in [0.2, 0.25) is 0 Å². The molecule has 3 fully saturated rings. The third-order valence-corrected chi connectivity index (χ3v) is 17.1. The Bertz CT molecular complexity index is 784. The molecule has 0 aromatic heterocycles. The Labute approximate surface area is 216 Å². The minimum Gasteiger partial charge on any atom is -0.415 e. The van der Waals surface area contributed by atoms with Gasteiger partial charge in [-0.25, -0.2) is 0 Å². The zero-order valence-electron chi connectivity index (χ0n) is 24.4. The van der Waals surface area contributed by atoms with Gasteiger partial charge in [-0.2, -0.15) is 0 Å². The van der Waals surface area contributed by atoms with E-state index >= 15 is 0 Å². The van der Waals surface area contributed by atoms with Crippen LogP contribution in [0.25, 0.3) is 0 Å². The molecule has 202 valence electrons. The zero-order chi connectivity index (χ0) is 26.1. The Hall–Kier alpha value is -0.203. The second-order valence-electron chi connectivity index (χ2n) is 14.4. The summed E-state index contributed by atoms with van der Waals surface area (Å²) in [6, 6.07) is 0. The summed E-state index contributed by atoms with van der Waals surface area (Å²) in [6.45, 7) is 26.3. The summed E-state index contributed by atoms with van der Waals surface area (Å²) in [5, 5.41) is 11.6. The standard InChI is InChI=1S/C30H54O4Si/c1-18(2)35(19(3)4,20(5)6)32-17-30-15-14-23-21(7)12-13-24(31)29(23,11)27(30)26-25(22(8)16-30)33-28(9,10)34-26/h12-13,18-27,31H,14-17H2,1-11H3/t21-,22-,23+,24-,25-,26-,27-,29-,30+/m1/s1. The topological polar surface area (TPSA) is 47.9 Å². The first-order valence-corrected chi connectivity index (χ1v) is 16.6. The van der Waals surface area contributed by atoms with E-state index in [-0.39, 0.29) is 29.0 Å². The van der Waals surface area contributed by atoms with Gasteiger partial charge in [-0.1, -0.05) is 74.5 Å². The van der Waals surface area contributed by atoms with Crippen molar-refractivity contribution in [3.05, 3.63) is 12.2 Å². The molecule has 4 rings (SSSR count). The van der Waals surface area contributed by atoms with Crippen LogP contribution in [0.5, 0.6) is 0 Å². The van der Waals surface area contributed by atoms with Crippen molar-refractivity contribution in [3.63, 3.8) is 0 Å². The lowest BCUT2D eigenvalue weighted by atomic mass is 9.41. The highest BCUT2D eigenvalue weighted by Crippen LogP contribution is 2.67. The van der Waals surface area contributed by atoms with Crippen LogP contribution in [0.4, 0.5) is 0 Å². The Morgan fingerprint density at radius 2 is 1.51 bits per heavy atom. The molecule has 0 radical (unpaired) electrons. The van der Waals surface area contributed by atoms with E-state index in [1.165, 1.54) is 0 Å². The molecule has 1 heterocycles. The maximum atomic E-state index is 11.6. The van der Waals surface area contributed by atoms with Crippen molar-refractivity contribution in [2.24, 2.45) is 34.5 Å². The van der Waals surface area contributed by atoms with Crippen LogP contribution in [0.1, 0.15) is 95.4 Å². The van der Waals surface area contributed by atoms with Crippen LogP contribution in [0.15, 0.2) is 12.2 Å². The lowest BCUT2D eigenvalue weighted by Crippen LogP contribution is -2.67. The van der Waals surface area contributed by atoms with Gasteiger partial charge in [0.05, 0.1) is 18.3 Å². The Morgan fingerprint density at radius 1 is 0.943 bits per heavy atom. The number of fused-ring (bicyclic) bond motifs is 5. The molecule has 0 aromatic rings. The molecule has 0 aromatic carbocycles. The van der Waals surface area contributed by atoms with Crippen LogP contribution in [0.2, 0.25) is 16.6 Å². The zero-order valence-corrected chi connectivity index (χ0v) is 25.4. The van der Waals surface area contributed by atoms with Crippen LogP contribution < -0.4 is 0 Å². The summed E-state index contributed by atoms with van der Waals surface area (Å²) in [5.41, 5.74) is 1.43. The Morgan fingerprint density at radius 3 is 2.09 bits per heavy atom. The van der Waals surface area contributed by atoms with Crippen LogP contribution >= 0.6 is 0 Å². The van der Waals surface area contributed by atoms with Crippen molar-refractivity contribution in [3.8, 4) is 0 Å². The fourth-order valence-electron chi connectivity index (χ4n) is 9.85. The van der Waals surface area contributed by atoms with Crippen molar-refractivity contribution in [2.45, 2.75) is 136 Å². The maximum absolute atomic E-state index is 11.6. The van der Waals surface area contributed by atoms with Crippen molar-refractivity contribution in [1.29, 1.82) is 0 Å². The molecule has 3 aliphatic carbocycles. The first kappa shape index (κ1) is 27.8. The van der Waals surface area contributed by atoms with Crippen molar-refractivity contribution < 1.29 is 19.0 Å². The molecule has 5 heteroatoms. The summed E-state index contributed by atoms with van der Waals surface area (Å²) >= 11 is 0. The Balaban J connectivity index is 1.80. The average molecular weight is 507 g/mol. The van der Waals surface area contributed by atoms with E-state index in [1.807, 2.05) is 0 Å². The van der Waals surface area contributed by atoms with Gasteiger partial charge in [0, 0.05) is 17.9 Å². The summed E-state index contributed by atoms with van der Waals surface area (Å²) < 4.78 is 20.7. The molecule has 35 heavy (non-hydrogen) atoms. The highest BCUT2D eigenvalue weighted by molar-refractivity contribution is 6.77. The lowest BCUT2D eigenvalue weighted by Gasteiger charge is -2.65. The molecule has 1 N–H and O–H groups in total. The van der Waals surface area contributed by atoms with E-state index in [1.54, 1.807) is 0 Å². The van der Waals surface area contributed by atoms with E-state index in [2.05, 4.69) is 88.3 Å². The van der Waals surface area contributed by atoms with Gasteiger partial charge >= 0.3 is 0 Å². The molecule has 0 spiro atoms. The molecule has 4 nitrogen and oxygen atoms in total. The van der Waals surface area contributed by atoms with Gasteiger partial charge in [-0.05, 0) is 72.9 Å². The molecule has 0 amide bonds. The van der Waals surface area contributed by atoms with Crippen LogP contribution in [-0.2, 0) is 13.9 Å².